The number of urea groups is 2. The Morgan fingerprint density at radius 1 is 1.24 bits per heavy atom. The Bertz CT molecular complexity index is 999. The van der Waals surface area contributed by atoms with Crippen LogP contribution in [0.25, 0.3) is 0 Å². The van der Waals surface area contributed by atoms with Gasteiger partial charge in [-0.2, -0.15) is 0 Å². The second kappa shape index (κ2) is 9.53. The number of fused-ring (bicyclic) bond motifs is 1. The van der Waals surface area contributed by atoms with E-state index in [1.165, 1.54) is 16.7 Å². The zero-order chi connectivity index (χ0) is 23.2. The quantitative estimate of drug-likeness (QED) is 0.260. The van der Waals surface area contributed by atoms with E-state index in [1.807, 2.05) is 0 Å². The number of rotatable bonds is 5. The monoisotopic (exact) mass is 485 g/mol. The van der Waals surface area contributed by atoms with Gasteiger partial charge in [0.15, 0.2) is 0 Å². The maximum Gasteiger partial charge on any atom is 1.00 e. The minimum atomic E-state index is -1.14. The summed E-state index contributed by atoms with van der Waals surface area (Å²) in [6.45, 7) is 3.98. The molecule has 0 aromatic heterocycles. The molecule has 1 aromatic rings. The minimum absolute atomic E-state index is 0. The van der Waals surface area contributed by atoms with Gasteiger partial charge in [-0.3, -0.25) is 9.59 Å². The first-order valence-electron chi connectivity index (χ1n) is 10.1. The molecule has 0 spiro atoms. The summed E-state index contributed by atoms with van der Waals surface area (Å²) in [5, 5.41) is 16.8. The Labute approximate surface area is 217 Å². The van der Waals surface area contributed by atoms with Crippen LogP contribution in [0.4, 0.5) is 9.59 Å². The molecule has 11 nitrogen and oxygen atoms in total. The predicted molar refractivity (Wildman–Crippen MR) is 115 cm³/mol. The summed E-state index contributed by atoms with van der Waals surface area (Å²) < 4.78 is -0.720. The molecule has 13 heteroatoms. The fourth-order valence-electron chi connectivity index (χ4n) is 4.19. The van der Waals surface area contributed by atoms with Gasteiger partial charge in [0.05, 0.1) is 0 Å². The number of β-lactam (4-membered cyclic amide) rings is 1. The molecule has 3 saturated heterocycles. The summed E-state index contributed by atoms with van der Waals surface area (Å²) in [5.74, 6) is -2.20. The van der Waals surface area contributed by atoms with Crippen LogP contribution in [0.3, 0.4) is 0 Å². The zero-order valence-electron chi connectivity index (χ0n) is 19.4. The Balaban J connectivity index is 0.00000204. The van der Waals surface area contributed by atoms with Crippen molar-refractivity contribution in [3.8, 4) is 0 Å². The van der Waals surface area contributed by atoms with Gasteiger partial charge in [0.1, 0.15) is 23.5 Å². The summed E-state index contributed by atoms with van der Waals surface area (Å²) in [5.41, 5.74) is 0.476. The largest absolute Gasteiger partial charge is 1.00 e. The minimum Gasteiger partial charge on any atom is -1.00 e. The van der Waals surface area contributed by atoms with Crippen LogP contribution in [0.2, 0.25) is 0 Å². The topological polar surface area (TPSA) is 148 Å². The van der Waals surface area contributed by atoms with Crippen molar-refractivity contribution in [2.24, 2.45) is 0 Å². The smallest absolute Gasteiger partial charge is 1.00 e. The standard InChI is InChI=1S/C20H23N5O6S.Na.H/c1-20(2)13(17(28)29)25-15(27)12(16(25)32-20)22-14(26)11(10-6-4-3-5-7-10)23-19(31)24-9-8-21-18(24)30;;/h3-7,11-13,16H,8-9H2,1-2H3,(H,21,30)(H,22,26)(H,23,31)(H,28,29);;/q;+1;-1/t11-,12-,13+,16-;;/m1../s1. The van der Waals surface area contributed by atoms with E-state index in [2.05, 4.69) is 16.0 Å². The number of carbonyl (C=O) groups is 5. The molecule has 0 radical (unpaired) electrons. The van der Waals surface area contributed by atoms with Crippen LogP contribution in [-0.2, 0) is 14.4 Å². The number of imide groups is 1. The maximum absolute atomic E-state index is 13.1. The third-order valence-corrected chi connectivity index (χ3v) is 7.31. The first-order chi connectivity index (χ1) is 15.1. The third kappa shape index (κ3) is 4.57. The SMILES string of the molecule is CC1(C)S[C@@H]2[C@H](NC(=O)[C@H](NC(=O)N3CCNC3=O)c3ccccc3)C(=O)N2[C@H]1C(=O)O.[H-].[Na+]. The summed E-state index contributed by atoms with van der Waals surface area (Å²) in [4.78, 5) is 64.2. The van der Waals surface area contributed by atoms with Crippen LogP contribution in [0, 0.1) is 0 Å². The Morgan fingerprint density at radius 3 is 2.48 bits per heavy atom. The number of carboxylic acids is 1. The summed E-state index contributed by atoms with van der Waals surface area (Å²) >= 11 is 1.31. The van der Waals surface area contributed by atoms with E-state index < -0.39 is 58.1 Å². The predicted octanol–water partition coefficient (Wildman–Crippen LogP) is -2.79. The molecular weight excluding hydrogens is 461 g/mol. The average Bonchev–Trinajstić information content (AvgIpc) is 3.29. The molecule has 4 N–H and O–H groups in total. The van der Waals surface area contributed by atoms with E-state index in [1.54, 1.807) is 44.2 Å². The van der Waals surface area contributed by atoms with Gasteiger partial charge in [0.25, 0.3) is 0 Å². The second-order valence-corrected chi connectivity index (χ2v) is 10.0. The van der Waals surface area contributed by atoms with Crippen LogP contribution in [-0.4, -0.2) is 80.0 Å². The Morgan fingerprint density at radius 2 is 1.91 bits per heavy atom. The van der Waals surface area contributed by atoms with E-state index in [9.17, 15) is 29.1 Å². The zero-order valence-corrected chi connectivity index (χ0v) is 21.2. The average molecular weight is 485 g/mol. The molecule has 33 heavy (non-hydrogen) atoms. The van der Waals surface area contributed by atoms with E-state index in [-0.39, 0.29) is 37.5 Å². The maximum atomic E-state index is 13.1. The molecule has 0 saturated carbocycles. The van der Waals surface area contributed by atoms with E-state index in [0.29, 0.717) is 12.1 Å². The van der Waals surface area contributed by atoms with Crippen molar-refractivity contribution >= 4 is 41.6 Å². The fourth-order valence-corrected chi connectivity index (χ4v) is 5.82. The van der Waals surface area contributed by atoms with Crippen molar-refractivity contribution in [2.75, 3.05) is 13.1 Å². The third-order valence-electron chi connectivity index (χ3n) is 5.74. The van der Waals surface area contributed by atoms with Crippen molar-refractivity contribution in [3.05, 3.63) is 35.9 Å². The van der Waals surface area contributed by atoms with E-state index in [4.69, 9.17) is 0 Å². The summed E-state index contributed by atoms with van der Waals surface area (Å²) in [7, 11) is 0. The number of hydrogen-bond donors (Lipinski definition) is 4. The number of thioether (sulfide) groups is 1. The van der Waals surface area contributed by atoms with Crippen molar-refractivity contribution in [1.82, 2.24) is 25.8 Å². The van der Waals surface area contributed by atoms with Crippen LogP contribution >= 0.6 is 11.8 Å². The number of amides is 6. The van der Waals surface area contributed by atoms with Crippen LogP contribution in [0.1, 0.15) is 26.9 Å². The van der Waals surface area contributed by atoms with Gasteiger partial charge >= 0.3 is 47.6 Å². The number of nitrogens with one attached hydrogen (secondary N) is 3. The molecule has 172 valence electrons. The van der Waals surface area contributed by atoms with Crippen molar-refractivity contribution in [2.45, 2.75) is 42.1 Å². The number of nitrogens with zero attached hydrogens (tertiary/aromatic N) is 2. The van der Waals surface area contributed by atoms with Crippen LogP contribution in [0.15, 0.2) is 30.3 Å². The molecule has 3 aliphatic heterocycles. The number of carbonyl (C=O) groups excluding carboxylic acids is 4. The molecule has 1 aromatic carbocycles. The molecule has 0 aliphatic carbocycles. The molecule has 3 fully saturated rings. The molecule has 4 rings (SSSR count). The molecule has 3 aliphatic rings. The molecule has 0 unspecified atom stereocenters. The van der Waals surface area contributed by atoms with Crippen molar-refractivity contribution < 1.29 is 60.1 Å². The summed E-state index contributed by atoms with van der Waals surface area (Å²) in [6, 6.07) is 4.14. The van der Waals surface area contributed by atoms with Gasteiger partial charge in [-0.05, 0) is 19.4 Å². The molecule has 3 heterocycles. The first kappa shape index (κ1) is 25.3. The summed E-state index contributed by atoms with van der Waals surface area (Å²) in [6.07, 6.45) is 0. The van der Waals surface area contributed by atoms with Crippen molar-refractivity contribution in [3.63, 3.8) is 0 Å². The first-order valence-corrected chi connectivity index (χ1v) is 10.9. The molecular formula is C20H24N5NaO6S. The number of aliphatic carboxylic acids is 1. The van der Waals surface area contributed by atoms with Crippen LogP contribution < -0.4 is 45.5 Å². The Kier molecular flexibility index (Phi) is 7.32. The van der Waals surface area contributed by atoms with E-state index >= 15 is 0 Å². The van der Waals surface area contributed by atoms with Gasteiger partial charge in [-0.25, -0.2) is 19.3 Å². The normalized spacial score (nSPS) is 25.8. The van der Waals surface area contributed by atoms with Crippen LogP contribution in [0.5, 0.6) is 0 Å². The fraction of sp³-hybridized carbons (Fsp3) is 0.450. The van der Waals surface area contributed by atoms with Gasteiger partial charge in [-0.15, -0.1) is 11.8 Å². The van der Waals surface area contributed by atoms with Gasteiger partial charge in [-0.1, -0.05) is 30.3 Å². The van der Waals surface area contributed by atoms with Gasteiger partial charge in [0.2, 0.25) is 11.8 Å². The second-order valence-electron chi connectivity index (χ2n) is 8.26. The molecule has 0 bridgehead atoms. The Hall–Kier alpha value is -2.28. The van der Waals surface area contributed by atoms with Gasteiger partial charge < -0.3 is 27.4 Å². The van der Waals surface area contributed by atoms with Crippen molar-refractivity contribution in [1.29, 1.82) is 0 Å². The number of hydrogen-bond acceptors (Lipinski definition) is 6. The number of carboxylic acid groups (broad SMARTS) is 1. The van der Waals surface area contributed by atoms with E-state index in [0.717, 1.165) is 4.90 Å². The number of benzene rings is 1. The molecule has 6 amide bonds. The van der Waals surface area contributed by atoms with Gasteiger partial charge in [0, 0.05) is 17.8 Å². The molecule has 4 atom stereocenters.